The zero-order valence-corrected chi connectivity index (χ0v) is 17.4. The zero-order valence-electron chi connectivity index (χ0n) is 17.4. The number of piperidine rings is 2. The van der Waals surface area contributed by atoms with E-state index < -0.39 is 0 Å². The summed E-state index contributed by atoms with van der Waals surface area (Å²) in [7, 11) is 2.16. The van der Waals surface area contributed by atoms with Gasteiger partial charge in [-0.15, -0.1) is 0 Å². The Bertz CT molecular complexity index is 819. The monoisotopic (exact) mass is 393 g/mol. The van der Waals surface area contributed by atoms with Gasteiger partial charge in [0, 0.05) is 49.4 Å². The maximum atomic E-state index is 12.7. The summed E-state index contributed by atoms with van der Waals surface area (Å²) in [5, 5.41) is 3.25. The van der Waals surface area contributed by atoms with Crippen LogP contribution in [0.2, 0.25) is 0 Å². The Morgan fingerprint density at radius 1 is 1.07 bits per heavy atom. The number of benzene rings is 1. The van der Waals surface area contributed by atoms with Crippen molar-refractivity contribution in [2.24, 2.45) is 0 Å². The largest absolute Gasteiger partial charge is 0.335 e. The summed E-state index contributed by atoms with van der Waals surface area (Å²) in [6.45, 7) is 4.80. The van der Waals surface area contributed by atoms with Crippen LogP contribution >= 0.6 is 0 Å². The molecule has 1 aromatic carbocycles. The number of hydrogen-bond donors (Lipinski definition) is 1. The van der Waals surface area contributed by atoms with Gasteiger partial charge in [0.1, 0.15) is 5.82 Å². The van der Waals surface area contributed by atoms with Crippen molar-refractivity contribution in [2.75, 3.05) is 26.7 Å². The van der Waals surface area contributed by atoms with Crippen LogP contribution in [0, 0.1) is 0 Å². The van der Waals surface area contributed by atoms with Gasteiger partial charge >= 0.3 is 6.03 Å². The molecule has 2 saturated heterocycles. The number of rotatable bonds is 3. The van der Waals surface area contributed by atoms with Crippen LogP contribution in [0.3, 0.4) is 0 Å². The van der Waals surface area contributed by atoms with E-state index in [-0.39, 0.29) is 12.1 Å². The van der Waals surface area contributed by atoms with Gasteiger partial charge < -0.3 is 15.1 Å². The molecule has 2 fully saturated rings. The highest BCUT2D eigenvalue weighted by atomic mass is 16.2. The average Bonchev–Trinajstić information content (AvgIpc) is 2.77. The van der Waals surface area contributed by atoms with Gasteiger partial charge in [-0.25, -0.2) is 14.8 Å². The average molecular weight is 394 g/mol. The van der Waals surface area contributed by atoms with E-state index in [1.54, 1.807) is 0 Å². The number of hydrogen-bond acceptors (Lipinski definition) is 4. The number of carbonyl (C=O) groups is 1. The van der Waals surface area contributed by atoms with Gasteiger partial charge in [0.05, 0.1) is 5.69 Å². The Hall–Kier alpha value is -2.47. The van der Waals surface area contributed by atoms with Crippen molar-refractivity contribution in [2.45, 2.75) is 50.6 Å². The Morgan fingerprint density at radius 2 is 1.83 bits per heavy atom. The fourth-order valence-corrected chi connectivity index (χ4v) is 4.37. The first-order chi connectivity index (χ1) is 14.1. The summed E-state index contributed by atoms with van der Waals surface area (Å²) in [6.07, 6.45) is 5.73. The minimum absolute atomic E-state index is 0.0872. The number of amides is 2. The van der Waals surface area contributed by atoms with Crippen LogP contribution in [0.25, 0.3) is 11.3 Å². The number of carbonyl (C=O) groups excluding carboxylic acids is 1. The molecule has 2 aliphatic rings. The lowest BCUT2D eigenvalue weighted by Crippen LogP contribution is -2.52. The SMILES string of the molecule is CC1CC(NC(=O)N2CCC(c3nccc(-c4ccccc4)n3)CC2)CCN1C. The first-order valence-corrected chi connectivity index (χ1v) is 10.7. The predicted molar refractivity (Wildman–Crippen MR) is 115 cm³/mol. The van der Waals surface area contributed by atoms with Crippen molar-refractivity contribution in [3.05, 3.63) is 48.4 Å². The fraction of sp³-hybridized carbons (Fsp3) is 0.522. The molecule has 0 bridgehead atoms. The van der Waals surface area contributed by atoms with Gasteiger partial charge in [-0.1, -0.05) is 30.3 Å². The van der Waals surface area contributed by atoms with Crippen LogP contribution in [0.1, 0.15) is 44.3 Å². The van der Waals surface area contributed by atoms with Crippen LogP contribution in [0.4, 0.5) is 4.79 Å². The second-order valence-corrected chi connectivity index (χ2v) is 8.43. The van der Waals surface area contributed by atoms with E-state index in [0.717, 1.165) is 62.4 Å². The van der Waals surface area contributed by atoms with Gasteiger partial charge in [0.15, 0.2) is 0 Å². The van der Waals surface area contributed by atoms with E-state index in [9.17, 15) is 4.79 Å². The molecule has 1 N–H and O–H groups in total. The third-order valence-electron chi connectivity index (χ3n) is 6.43. The number of urea groups is 1. The first kappa shape index (κ1) is 19.8. The second-order valence-electron chi connectivity index (χ2n) is 8.43. The summed E-state index contributed by atoms with van der Waals surface area (Å²) in [5.41, 5.74) is 2.08. The zero-order chi connectivity index (χ0) is 20.2. The molecule has 6 heteroatoms. The lowest BCUT2D eigenvalue weighted by atomic mass is 9.95. The predicted octanol–water partition coefficient (Wildman–Crippen LogP) is 3.52. The third kappa shape index (κ3) is 4.75. The molecule has 0 spiro atoms. The van der Waals surface area contributed by atoms with Crippen molar-refractivity contribution in [1.29, 1.82) is 0 Å². The van der Waals surface area contributed by atoms with E-state index in [1.807, 2.05) is 35.4 Å². The maximum absolute atomic E-state index is 12.7. The van der Waals surface area contributed by atoms with Gasteiger partial charge in [0.25, 0.3) is 0 Å². The molecular formula is C23H31N5O. The highest BCUT2D eigenvalue weighted by molar-refractivity contribution is 5.74. The van der Waals surface area contributed by atoms with Crippen molar-refractivity contribution in [3.8, 4) is 11.3 Å². The number of nitrogens with zero attached hydrogens (tertiary/aromatic N) is 4. The van der Waals surface area contributed by atoms with Crippen LogP contribution < -0.4 is 5.32 Å². The van der Waals surface area contributed by atoms with Gasteiger partial charge in [-0.2, -0.15) is 0 Å². The van der Waals surface area contributed by atoms with Crippen molar-refractivity contribution >= 4 is 6.03 Å². The number of aromatic nitrogens is 2. The summed E-state index contributed by atoms with van der Waals surface area (Å²) in [5.74, 6) is 1.21. The van der Waals surface area contributed by atoms with E-state index in [2.05, 4.69) is 41.3 Å². The van der Waals surface area contributed by atoms with Crippen molar-refractivity contribution in [3.63, 3.8) is 0 Å². The van der Waals surface area contributed by atoms with Crippen molar-refractivity contribution < 1.29 is 4.79 Å². The topological polar surface area (TPSA) is 61.4 Å². The van der Waals surface area contributed by atoms with E-state index in [4.69, 9.17) is 4.98 Å². The van der Waals surface area contributed by atoms with E-state index >= 15 is 0 Å². The first-order valence-electron chi connectivity index (χ1n) is 10.7. The molecule has 1 aromatic heterocycles. The number of likely N-dealkylation sites (tertiary alicyclic amines) is 2. The summed E-state index contributed by atoms with van der Waals surface area (Å²) in [4.78, 5) is 26.4. The van der Waals surface area contributed by atoms with E-state index in [0.29, 0.717) is 12.0 Å². The van der Waals surface area contributed by atoms with E-state index in [1.165, 1.54) is 0 Å². The molecular weight excluding hydrogens is 362 g/mol. The molecule has 0 saturated carbocycles. The molecule has 2 aliphatic heterocycles. The van der Waals surface area contributed by atoms with Crippen LogP contribution in [0.15, 0.2) is 42.6 Å². The summed E-state index contributed by atoms with van der Waals surface area (Å²) >= 11 is 0. The Kier molecular flexibility index (Phi) is 6.09. The van der Waals surface area contributed by atoms with Crippen LogP contribution in [0.5, 0.6) is 0 Å². The van der Waals surface area contributed by atoms with Crippen molar-refractivity contribution in [1.82, 2.24) is 25.1 Å². The lowest BCUT2D eigenvalue weighted by molar-refractivity contribution is 0.149. The molecule has 0 radical (unpaired) electrons. The Morgan fingerprint density at radius 3 is 2.55 bits per heavy atom. The van der Waals surface area contributed by atoms with Crippen LogP contribution in [-0.4, -0.2) is 64.6 Å². The fourth-order valence-electron chi connectivity index (χ4n) is 4.37. The maximum Gasteiger partial charge on any atom is 0.317 e. The molecule has 2 aromatic rings. The van der Waals surface area contributed by atoms with Crippen LogP contribution in [-0.2, 0) is 0 Å². The second kappa shape index (κ2) is 8.91. The normalized spacial score (nSPS) is 23.7. The number of nitrogens with one attached hydrogen (secondary N) is 1. The highest BCUT2D eigenvalue weighted by Gasteiger charge is 2.29. The Labute approximate surface area is 173 Å². The molecule has 6 nitrogen and oxygen atoms in total. The molecule has 3 heterocycles. The molecule has 2 unspecified atom stereocenters. The quantitative estimate of drug-likeness (QED) is 0.867. The summed E-state index contributed by atoms with van der Waals surface area (Å²) < 4.78 is 0. The highest BCUT2D eigenvalue weighted by Crippen LogP contribution is 2.27. The summed E-state index contributed by atoms with van der Waals surface area (Å²) in [6, 6.07) is 13.1. The molecule has 0 aliphatic carbocycles. The lowest BCUT2D eigenvalue weighted by Gasteiger charge is -2.37. The third-order valence-corrected chi connectivity index (χ3v) is 6.43. The molecule has 2 amide bonds. The molecule has 2 atom stereocenters. The molecule has 4 rings (SSSR count). The van der Waals surface area contributed by atoms with Gasteiger partial charge in [-0.3, -0.25) is 0 Å². The molecule has 154 valence electrons. The minimum Gasteiger partial charge on any atom is -0.335 e. The van der Waals surface area contributed by atoms with Gasteiger partial charge in [0.2, 0.25) is 0 Å². The molecule has 29 heavy (non-hydrogen) atoms. The Balaban J connectivity index is 1.32. The smallest absolute Gasteiger partial charge is 0.317 e. The minimum atomic E-state index is 0.0872. The van der Waals surface area contributed by atoms with Gasteiger partial charge in [-0.05, 0) is 45.7 Å². The standard InChI is InChI=1S/C23H31N5O/c1-17-16-20(11-13-27(17)2)25-23(29)28-14-9-19(10-15-28)22-24-12-8-21(26-22)18-6-4-3-5-7-18/h3-8,12,17,19-20H,9-11,13-16H2,1-2H3,(H,25,29).